The summed E-state index contributed by atoms with van der Waals surface area (Å²) in [4.78, 5) is 24.9. The Bertz CT molecular complexity index is 1270. The molecular formula is C25H26N4O2. The van der Waals surface area contributed by atoms with Crippen LogP contribution in [-0.4, -0.2) is 52.1 Å². The molecule has 0 amide bonds. The van der Waals surface area contributed by atoms with E-state index in [0.29, 0.717) is 13.1 Å². The quantitative estimate of drug-likeness (QED) is 0.521. The zero-order valence-corrected chi connectivity index (χ0v) is 17.8. The molecule has 1 fully saturated rings. The predicted molar refractivity (Wildman–Crippen MR) is 124 cm³/mol. The summed E-state index contributed by atoms with van der Waals surface area (Å²) in [6.07, 6.45) is 0. The van der Waals surface area contributed by atoms with Crippen LogP contribution in [0.15, 0.2) is 54.6 Å². The van der Waals surface area contributed by atoms with Gasteiger partial charge in [0.15, 0.2) is 0 Å². The molecule has 0 unspecified atom stereocenters. The van der Waals surface area contributed by atoms with Gasteiger partial charge in [-0.15, -0.1) is 0 Å². The van der Waals surface area contributed by atoms with Gasteiger partial charge in [0.2, 0.25) is 0 Å². The summed E-state index contributed by atoms with van der Waals surface area (Å²) in [6.45, 7) is 6.91. The molecule has 2 N–H and O–H groups in total. The minimum Gasteiger partial charge on any atom is -0.480 e. The van der Waals surface area contributed by atoms with E-state index in [2.05, 4.69) is 33.8 Å². The summed E-state index contributed by atoms with van der Waals surface area (Å²) in [7, 11) is 0. The van der Waals surface area contributed by atoms with Crippen LogP contribution in [0.4, 0.5) is 5.82 Å². The maximum atomic E-state index is 12.4. The highest BCUT2D eigenvalue weighted by Gasteiger charge is 2.33. The third-order valence-electron chi connectivity index (χ3n) is 6.36. The molecule has 5 rings (SSSR count). The average molecular weight is 415 g/mol. The predicted octanol–water partition coefficient (Wildman–Crippen LogP) is 4.28. The lowest BCUT2D eigenvalue weighted by Crippen LogP contribution is -2.49. The molecule has 31 heavy (non-hydrogen) atoms. The van der Waals surface area contributed by atoms with Crippen LogP contribution in [0.1, 0.15) is 22.9 Å². The molecule has 1 atom stereocenters. The molecule has 1 saturated heterocycles. The van der Waals surface area contributed by atoms with Crippen LogP contribution >= 0.6 is 0 Å². The van der Waals surface area contributed by atoms with E-state index in [1.165, 1.54) is 10.9 Å². The van der Waals surface area contributed by atoms with Gasteiger partial charge in [-0.05, 0) is 37.6 Å². The number of carboxylic acid groups (broad SMARTS) is 1. The SMILES string of the molecule is Cc1[nH]c2ccccc2c1[C@@H](C(=O)O)N1CCN(c2cc(C)c3ccccc3n2)CC1. The normalized spacial score (nSPS) is 16.1. The van der Waals surface area contributed by atoms with E-state index < -0.39 is 12.0 Å². The van der Waals surface area contributed by atoms with E-state index in [1.54, 1.807) is 0 Å². The summed E-state index contributed by atoms with van der Waals surface area (Å²) < 4.78 is 0. The zero-order valence-electron chi connectivity index (χ0n) is 17.8. The third-order valence-corrected chi connectivity index (χ3v) is 6.36. The fourth-order valence-corrected chi connectivity index (χ4v) is 4.82. The molecule has 1 aliphatic rings. The largest absolute Gasteiger partial charge is 0.480 e. The van der Waals surface area contributed by atoms with Gasteiger partial charge in [-0.1, -0.05) is 36.4 Å². The second kappa shape index (κ2) is 7.71. The Balaban J connectivity index is 1.41. The van der Waals surface area contributed by atoms with Crippen LogP contribution in [0.5, 0.6) is 0 Å². The van der Waals surface area contributed by atoms with Crippen molar-refractivity contribution in [3.63, 3.8) is 0 Å². The van der Waals surface area contributed by atoms with Crippen molar-refractivity contribution in [1.29, 1.82) is 0 Å². The molecule has 2 aromatic carbocycles. The molecule has 0 spiro atoms. The highest BCUT2D eigenvalue weighted by atomic mass is 16.4. The van der Waals surface area contributed by atoms with Gasteiger partial charge < -0.3 is 15.0 Å². The fourth-order valence-electron chi connectivity index (χ4n) is 4.82. The molecule has 0 saturated carbocycles. The molecule has 1 aliphatic heterocycles. The first-order valence-corrected chi connectivity index (χ1v) is 10.7. The number of aromatic nitrogens is 2. The Kier molecular flexibility index (Phi) is 4.87. The Morgan fingerprint density at radius 2 is 1.68 bits per heavy atom. The van der Waals surface area contributed by atoms with Crippen LogP contribution in [0.2, 0.25) is 0 Å². The number of aliphatic carboxylic acids is 1. The highest BCUT2D eigenvalue weighted by molar-refractivity contribution is 5.90. The van der Waals surface area contributed by atoms with Gasteiger partial charge in [0.1, 0.15) is 11.9 Å². The van der Waals surface area contributed by atoms with E-state index in [1.807, 2.05) is 49.4 Å². The number of nitrogens with one attached hydrogen (secondary N) is 1. The molecule has 0 radical (unpaired) electrons. The van der Waals surface area contributed by atoms with Crippen molar-refractivity contribution in [2.45, 2.75) is 19.9 Å². The van der Waals surface area contributed by atoms with E-state index in [4.69, 9.17) is 4.98 Å². The lowest BCUT2D eigenvalue weighted by atomic mass is 10.0. The molecule has 0 aliphatic carbocycles. The van der Waals surface area contributed by atoms with Gasteiger partial charge in [0.05, 0.1) is 5.52 Å². The lowest BCUT2D eigenvalue weighted by Gasteiger charge is -2.38. The number of aryl methyl sites for hydroxylation is 2. The Morgan fingerprint density at radius 1 is 1.00 bits per heavy atom. The Hall–Kier alpha value is -3.38. The number of rotatable bonds is 4. The second-order valence-corrected chi connectivity index (χ2v) is 8.29. The Labute approximate surface area is 181 Å². The molecule has 3 heterocycles. The average Bonchev–Trinajstić information content (AvgIpc) is 3.10. The van der Waals surface area contributed by atoms with Crippen molar-refractivity contribution >= 4 is 33.6 Å². The van der Waals surface area contributed by atoms with Crippen LogP contribution in [0, 0.1) is 13.8 Å². The van der Waals surface area contributed by atoms with Gasteiger partial charge in [0.25, 0.3) is 0 Å². The first-order valence-electron chi connectivity index (χ1n) is 10.7. The highest BCUT2D eigenvalue weighted by Crippen LogP contribution is 2.33. The molecule has 6 nitrogen and oxygen atoms in total. The van der Waals surface area contributed by atoms with Gasteiger partial charge in [0, 0.05) is 53.7 Å². The number of aromatic amines is 1. The van der Waals surface area contributed by atoms with E-state index in [0.717, 1.165) is 46.6 Å². The minimum absolute atomic E-state index is 0.662. The van der Waals surface area contributed by atoms with Crippen molar-refractivity contribution in [1.82, 2.24) is 14.9 Å². The van der Waals surface area contributed by atoms with Gasteiger partial charge in [-0.2, -0.15) is 0 Å². The van der Waals surface area contributed by atoms with Crippen molar-refractivity contribution in [3.05, 3.63) is 71.4 Å². The number of hydrogen-bond donors (Lipinski definition) is 2. The van der Waals surface area contributed by atoms with E-state index in [-0.39, 0.29) is 0 Å². The number of piperazine rings is 1. The number of nitrogens with zero attached hydrogens (tertiary/aromatic N) is 3. The van der Waals surface area contributed by atoms with Gasteiger partial charge in [-0.3, -0.25) is 9.69 Å². The number of carboxylic acids is 1. The van der Waals surface area contributed by atoms with Gasteiger partial charge >= 0.3 is 5.97 Å². The molecule has 6 heteroatoms. The zero-order chi connectivity index (χ0) is 21.5. The molecule has 0 bridgehead atoms. The molecule has 158 valence electrons. The number of pyridine rings is 1. The number of benzene rings is 2. The van der Waals surface area contributed by atoms with Crippen LogP contribution < -0.4 is 4.90 Å². The van der Waals surface area contributed by atoms with Crippen LogP contribution in [-0.2, 0) is 4.79 Å². The van der Waals surface area contributed by atoms with Crippen LogP contribution in [0.3, 0.4) is 0 Å². The summed E-state index contributed by atoms with van der Waals surface area (Å²) in [6, 6.07) is 17.6. The van der Waals surface area contributed by atoms with E-state index >= 15 is 0 Å². The Morgan fingerprint density at radius 3 is 2.42 bits per heavy atom. The molecule has 2 aromatic heterocycles. The summed E-state index contributed by atoms with van der Waals surface area (Å²) in [5.41, 5.74) is 4.98. The van der Waals surface area contributed by atoms with Crippen molar-refractivity contribution < 1.29 is 9.90 Å². The second-order valence-electron chi connectivity index (χ2n) is 8.29. The van der Waals surface area contributed by atoms with Crippen molar-refractivity contribution in [2.75, 3.05) is 31.1 Å². The van der Waals surface area contributed by atoms with Crippen LogP contribution in [0.25, 0.3) is 21.8 Å². The molecular weight excluding hydrogens is 388 g/mol. The molecule has 4 aromatic rings. The number of anilines is 1. The lowest BCUT2D eigenvalue weighted by molar-refractivity contribution is -0.143. The number of fused-ring (bicyclic) bond motifs is 2. The van der Waals surface area contributed by atoms with Crippen molar-refractivity contribution in [3.8, 4) is 0 Å². The third kappa shape index (κ3) is 3.43. The first-order chi connectivity index (χ1) is 15.0. The standard InChI is InChI=1S/C25H26N4O2/c1-16-15-22(27-20-9-5-3-7-18(16)20)28-11-13-29(14-12-28)24(25(30)31)23-17(2)26-21-10-6-4-8-19(21)23/h3-10,15,24,26H,11-14H2,1-2H3,(H,30,31)/t24-/m0/s1. The summed E-state index contributed by atoms with van der Waals surface area (Å²) >= 11 is 0. The number of H-pyrrole nitrogens is 1. The monoisotopic (exact) mass is 414 g/mol. The first kappa shape index (κ1) is 19.6. The fraction of sp³-hybridized carbons (Fsp3) is 0.280. The number of carbonyl (C=O) groups is 1. The topological polar surface area (TPSA) is 72.5 Å². The number of para-hydroxylation sites is 2. The van der Waals surface area contributed by atoms with E-state index in [9.17, 15) is 9.90 Å². The maximum Gasteiger partial charge on any atom is 0.325 e. The summed E-state index contributed by atoms with van der Waals surface area (Å²) in [5, 5.41) is 12.3. The van der Waals surface area contributed by atoms with Gasteiger partial charge in [-0.25, -0.2) is 4.98 Å². The maximum absolute atomic E-state index is 12.4. The smallest absolute Gasteiger partial charge is 0.325 e. The summed E-state index contributed by atoms with van der Waals surface area (Å²) in [5.74, 6) is 0.159. The van der Waals surface area contributed by atoms with Crippen molar-refractivity contribution in [2.24, 2.45) is 0 Å². The minimum atomic E-state index is -0.805. The number of hydrogen-bond acceptors (Lipinski definition) is 4.